The normalized spacial score (nSPS) is 26.1. The maximum atomic E-state index is 12.5. The molecule has 0 aromatic heterocycles. The zero-order valence-corrected chi connectivity index (χ0v) is 12.9. The van der Waals surface area contributed by atoms with Crippen molar-refractivity contribution in [1.29, 1.82) is 0 Å². The van der Waals surface area contributed by atoms with Crippen molar-refractivity contribution in [1.82, 2.24) is 4.90 Å². The molecule has 1 saturated heterocycles. The number of fused-ring (bicyclic) bond motifs is 1. The molecule has 2 unspecified atom stereocenters. The Hall–Kier alpha value is -1.00. The number of rotatable bonds is 3. The Bertz CT molecular complexity index is 517. The van der Waals surface area contributed by atoms with Crippen molar-refractivity contribution in [2.45, 2.75) is 31.6 Å². The topological polar surface area (TPSA) is 29.5 Å². The third-order valence-corrected chi connectivity index (χ3v) is 5.71. The number of carbonyl (C=O) groups excluding carboxylic acids is 1. The lowest BCUT2D eigenvalue weighted by atomic mass is 10.0. The maximum Gasteiger partial charge on any atom is 0.176 e. The first kappa shape index (κ1) is 14.0. The highest BCUT2D eigenvalue weighted by molar-refractivity contribution is 8.00. The van der Waals surface area contributed by atoms with E-state index in [-0.39, 0.29) is 5.78 Å². The number of hydrogen-bond donors (Lipinski definition) is 0. The van der Waals surface area contributed by atoms with Crippen molar-refractivity contribution in [2.24, 2.45) is 0 Å². The fraction of sp³-hybridized carbons (Fsp3) is 0.562. The van der Waals surface area contributed by atoms with E-state index in [2.05, 4.69) is 18.7 Å². The molecule has 20 heavy (non-hydrogen) atoms. The van der Waals surface area contributed by atoms with Crippen LogP contribution in [-0.4, -0.2) is 47.4 Å². The highest BCUT2D eigenvalue weighted by Gasteiger charge is 2.27. The van der Waals surface area contributed by atoms with E-state index in [0.29, 0.717) is 17.8 Å². The third kappa shape index (κ3) is 2.72. The van der Waals surface area contributed by atoms with Crippen LogP contribution < -0.4 is 4.74 Å². The molecular formula is C16H21NO2S. The molecule has 4 heteroatoms. The lowest BCUT2D eigenvalue weighted by molar-refractivity contribution is 0.0902. The van der Waals surface area contributed by atoms with E-state index >= 15 is 0 Å². The zero-order valence-electron chi connectivity index (χ0n) is 12.1. The van der Waals surface area contributed by atoms with Gasteiger partial charge in [-0.3, -0.25) is 9.69 Å². The van der Waals surface area contributed by atoms with Crippen molar-refractivity contribution in [3.63, 3.8) is 0 Å². The molecule has 2 aliphatic heterocycles. The summed E-state index contributed by atoms with van der Waals surface area (Å²) in [5.74, 6) is 2.29. The standard InChI is InChI=1S/C16H21NO2S/c1-11-12(2)20-8-6-17(11)10-15(18)13-3-4-16-14(9-13)5-7-19-16/h3-4,9,11-12H,5-8,10H2,1-2H3. The lowest BCUT2D eigenvalue weighted by Crippen LogP contribution is -2.46. The van der Waals surface area contributed by atoms with Crippen LogP contribution in [0, 0.1) is 0 Å². The van der Waals surface area contributed by atoms with E-state index < -0.39 is 0 Å². The molecule has 108 valence electrons. The van der Waals surface area contributed by atoms with Crippen LogP contribution in [-0.2, 0) is 6.42 Å². The molecule has 3 nitrogen and oxygen atoms in total. The Morgan fingerprint density at radius 2 is 2.30 bits per heavy atom. The molecule has 2 aliphatic rings. The quantitative estimate of drug-likeness (QED) is 0.801. The van der Waals surface area contributed by atoms with E-state index in [4.69, 9.17) is 4.74 Å². The van der Waals surface area contributed by atoms with Crippen LogP contribution in [0.1, 0.15) is 29.8 Å². The Morgan fingerprint density at radius 1 is 1.45 bits per heavy atom. The summed E-state index contributed by atoms with van der Waals surface area (Å²) in [5, 5.41) is 0.602. The van der Waals surface area contributed by atoms with Gasteiger partial charge in [0.25, 0.3) is 0 Å². The first-order valence-corrected chi connectivity index (χ1v) is 8.34. The van der Waals surface area contributed by atoms with Crippen molar-refractivity contribution < 1.29 is 9.53 Å². The Labute approximate surface area is 124 Å². The molecule has 1 aromatic rings. The largest absolute Gasteiger partial charge is 0.493 e. The second-order valence-electron chi connectivity index (χ2n) is 5.63. The molecular weight excluding hydrogens is 270 g/mol. The molecule has 2 atom stereocenters. The predicted molar refractivity (Wildman–Crippen MR) is 82.9 cm³/mol. The fourth-order valence-electron chi connectivity index (χ4n) is 2.85. The van der Waals surface area contributed by atoms with Crippen molar-refractivity contribution in [3.05, 3.63) is 29.3 Å². The molecule has 3 rings (SSSR count). The predicted octanol–water partition coefficient (Wildman–Crippen LogP) is 2.63. The van der Waals surface area contributed by atoms with Gasteiger partial charge in [0, 0.05) is 35.6 Å². The molecule has 0 N–H and O–H groups in total. The average Bonchev–Trinajstić information content (AvgIpc) is 2.91. The van der Waals surface area contributed by atoms with Crippen molar-refractivity contribution in [3.8, 4) is 5.75 Å². The number of hydrogen-bond acceptors (Lipinski definition) is 4. The summed E-state index contributed by atoms with van der Waals surface area (Å²) in [7, 11) is 0. The van der Waals surface area contributed by atoms with Gasteiger partial charge in [-0.25, -0.2) is 0 Å². The minimum Gasteiger partial charge on any atom is -0.493 e. The second-order valence-corrected chi connectivity index (χ2v) is 7.12. The number of benzene rings is 1. The van der Waals surface area contributed by atoms with Crippen molar-refractivity contribution in [2.75, 3.05) is 25.4 Å². The SMILES string of the molecule is CC1SCCN(CC(=O)c2ccc3c(c2)CCO3)C1C. The van der Waals surface area contributed by atoms with E-state index in [1.165, 1.54) is 5.56 Å². The second kappa shape index (κ2) is 5.78. The zero-order chi connectivity index (χ0) is 14.1. The summed E-state index contributed by atoms with van der Waals surface area (Å²) in [4.78, 5) is 14.8. The number of nitrogens with zero attached hydrogens (tertiary/aromatic N) is 1. The summed E-state index contributed by atoms with van der Waals surface area (Å²) in [6.45, 7) is 6.76. The van der Waals surface area contributed by atoms with Crippen LogP contribution in [0.15, 0.2) is 18.2 Å². The summed E-state index contributed by atoms with van der Waals surface area (Å²) in [6, 6.07) is 6.32. The van der Waals surface area contributed by atoms with Gasteiger partial charge in [0.2, 0.25) is 0 Å². The van der Waals surface area contributed by atoms with E-state index in [1.807, 2.05) is 30.0 Å². The van der Waals surface area contributed by atoms with Gasteiger partial charge in [-0.1, -0.05) is 6.92 Å². The van der Waals surface area contributed by atoms with Crippen LogP contribution >= 0.6 is 11.8 Å². The van der Waals surface area contributed by atoms with Crippen LogP contribution in [0.3, 0.4) is 0 Å². The Balaban J connectivity index is 1.70. The smallest absolute Gasteiger partial charge is 0.176 e. The minimum absolute atomic E-state index is 0.227. The van der Waals surface area contributed by atoms with Gasteiger partial charge in [0.15, 0.2) is 5.78 Å². The highest BCUT2D eigenvalue weighted by Crippen LogP contribution is 2.27. The molecule has 0 aliphatic carbocycles. The summed E-state index contributed by atoms with van der Waals surface area (Å²) in [5.41, 5.74) is 2.00. The molecule has 1 aromatic carbocycles. The summed E-state index contributed by atoms with van der Waals surface area (Å²) < 4.78 is 5.49. The van der Waals surface area contributed by atoms with Crippen molar-refractivity contribution >= 4 is 17.5 Å². The van der Waals surface area contributed by atoms with Gasteiger partial charge in [0.1, 0.15) is 5.75 Å². The first-order valence-electron chi connectivity index (χ1n) is 7.30. The Kier molecular flexibility index (Phi) is 4.03. The summed E-state index contributed by atoms with van der Waals surface area (Å²) in [6.07, 6.45) is 0.921. The molecule has 0 amide bonds. The van der Waals surface area contributed by atoms with E-state index in [0.717, 1.165) is 36.6 Å². The molecule has 0 spiro atoms. The number of carbonyl (C=O) groups is 1. The maximum absolute atomic E-state index is 12.5. The van der Waals surface area contributed by atoms with Gasteiger partial charge >= 0.3 is 0 Å². The average molecular weight is 291 g/mol. The highest BCUT2D eigenvalue weighted by atomic mass is 32.2. The fourth-order valence-corrected chi connectivity index (χ4v) is 4.02. The molecule has 2 heterocycles. The van der Waals surface area contributed by atoms with Crippen LogP contribution in [0.2, 0.25) is 0 Å². The molecule has 0 radical (unpaired) electrons. The Morgan fingerprint density at radius 3 is 3.15 bits per heavy atom. The van der Waals surface area contributed by atoms with E-state index in [1.54, 1.807) is 0 Å². The molecule has 0 bridgehead atoms. The number of thioether (sulfide) groups is 1. The van der Waals surface area contributed by atoms with Gasteiger partial charge in [-0.05, 0) is 30.7 Å². The third-order valence-electron chi connectivity index (χ3n) is 4.37. The van der Waals surface area contributed by atoms with Crippen LogP contribution in [0.5, 0.6) is 5.75 Å². The monoisotopic (exact) mass is 291 g/mol. The van der Waals surface area contributed by atoms with Gasteiger partial charge in [0.05, 0.1) is 13.2 Å². The van der Waals surface area contributed by atoms with Gasteiger partial charge in [-0.2, -0.15) is 11.8 Å². The van der Waals surface area contributed by atoms with Gasteiger partial charge in [-0.15, -0.1) is 0 Å². The minimum atomic E-state index is 0.227. The first-order chi connectivity index (χ1) is 9.65. The lowest BCUT2D eigenvalue weighted by Gasteiger charge is -2.36. The number of ketones is 1. The van der Waals surface area contributed by atoms with Crippen LogP contribution in [0.4, 0.5) is 0 Å². The number of Topliss-reactive ketones (excluding diaryl/α,β-unsaturated/α-hetero) is 1. The molecule has 1 fully saturated rings. The van der Waals surface area contributed by atoms with E-state index in [9.17, 15) is 4.79 Å². The summed E-state index contributed by atoms with van der Waals surface area (Å²) >= 11 is 2.00. The van der Waals surface area contributed by atoms with Crippen LogP contribution in [0.25, 0.3) is 0 Å². The van der Waals surface area contributed by atoms with Gasteiger partial charge < -0.3 is 4.74 Å². The number of ether oxygens (including phenoxy) is 1. The molecule has 0 saturated carbocycles.